The largest absolute Gasteiger partial charge is 0.461 e. The number of carbonyl (C=O) groups excluding carboxylic acids is 1. The molecule has 0 fully saturated rings. The maximum atomic E-state index is 13.3. The van der Waals surface area contributed by atoms with Crippen LogP contribution in [0.3, 0.4) is 0 Å². The molecule has 0 spiro atoms. The van der Waals surface area contributed by atoms with Crippen molar-refractivity contribution in [3.8, 4) is 0 Å². The standard InChI is InChI=1S/C11H12FNO2/c1-2-15-11(14)9(12)10(13)8-6-4-3-5-7-8/h3-7H,2,13H2,1H3. The Balaban J connectivity index is 2.95. The molecule has 0 aliphatic carbocycles. The molecule has 0 heterocycles. The van der Waals surface area contributed by atoms with Gasteiger partial charge in [0.15, 0.2) is 0 Å². The number of ether oxygens (including phenoxy) is 1. The molecule has 0 atom stereocenters. The van der Waals surface area contributed by atoms with E-state index >= 15 is 0 Å². The fourth-order valence-electron chi connectivity index (χ4n) is 1.05. The minimum Gasteiger partial charge on any atom is -0.461 e. The Morgan fingerprint density at radius 1 is 1.40 bits per heavy atom. The second-order valence-corrected chi connectivity index (χ2v) is 2.81. The number of benzene rings is 1. The van der Waals surface area contributed by atoms with Crippen LogP contribution in [0.15, 0.2) is 36.2 Å². The molecule has 3 nitrogen and oxygen atoms in total. The van der Waals surface area contributed by atoms with Crippen molar-refractivity contribution in [1.29, 1.82) is 0 Å². The summed E-state index contributed by atoms with van der Waals surface area (Å²) in [5, 5.41) is 0. The Labute approximate surface area is 87.3 Å². The third-order valence-corrected chi connectivity index (χ3v) is 1.78. The number of hydrogen-bond acceptors (Lipinski definition) is 3. The van der Waals surface area contributed by atoms with Crippen LogP contribution in [0.4, 0.5) is 4.39 Å². The number of hydrogen-bond donors (Lipinski definition) is 1. The van der Waals surface area contributed by atoms with E-state index in [1.54, 1.807) is 37.3 Å². The van der Waals surface area contributed by atoms with Gasteiger partial charge in [0, 0.05) is 5.56 Å². The second-order valence-electron chi connectivity index (χ2n) is 2.81. The van der Waals surface area contributed by atoms with Crippen molar-refractivity contribution in [2.24, 2.45) is 5.73 Å². The van der Waals surface area contributed by atoms with Crippen LogP contribution >= 0.6 is 0 Å². The van der Waals surface area contributed by atoms with Gasteiger partial charge in [-0.2, -0.15) is 4.39 Å². The molecule has 4 heteroatoms. The van der Waals surface area contributed by atoms with Crippen LogP contribution in [-0.4, -0.2) is 12.6 Å². The quantitative estimate of drug-likeness (QED) is 0.610. The maximum absolute atomic E-state index is 13.3. The van der Waals surface area contributed by atoms with E-state index < -0.39 is 11.8 Å². The molecule has 0 aliphatic heterocycles. The van der Waals surface area contributed by atoms with Crippen LogP contribution in [0.25, 0.3) is 5.70 Å². The highest BCUT2D eigenvalue weighted by atomic mass is 19.1. The molecule has 0 saturated carbocycles. The zero-order valence-electron chi connectivity index (χ0n) is 8.37. The predicted octanol–water partition coefficient (Wildman–Crippen LogP) is 1.85. The van der Waals surface area contributed by atoms with Gasteiger partial charge in [-0.05, 0) is 6.92 Å². The van der Waals surface area contributed by atoms with E-state index in [1.807, 2.05) is 0 Å². The van der Waals surface area contributed by atoms with Crippen LogP contribution in [0.5, 0.6) is 0 Å². The summed E-state index contributed by atoms with van der Waals surface area (Å²) < 4.78 is 17.8. The normalized spacial score (nSPS) is 11.9. The second kappa shape index (κ2) is 5.14. The Morgan fingerprint density at radius 2 is 2.00 bits per heavy atom. The highest BCUT2D eigenvalue weighted by molar-refractivity contribution is 5.94. The van der Waals surface area contributed by atoms with E-state index in [-0.39, 0.29) is 12.3 Å². The molecule has 0 amide bonds. The summed E-state index contributed by atoms with van der Waals surface area (Å²) in [4.78, 5) is 11.0. The summed E-state index contributed by atoms with van der Waals surface area (Å²) in [6, 6.07) is 8.43. The van der Waals surface area contributed by atoms with Gasteiger partial charge in [0.25, 0.3) is 0 Å². The van der Waals surface area contributed by atoms with Crippen LogP contribution in [0, 0.1) is 0 Å². The summed E-state index contributed by atoms with van der Waals surface area (Å²) in [7, 11) is 0. The number of carbonyl (C=O) groups is 1. The van der Waals surface area contributed by atoms with Crippen LogP contribution < -0.4 is 5.73 Å². The van der Waals surface area contributed by atoms with Crippen molar-refractivity contribution >= 4 is 11.7 Å². The van der Waals surface area contributed by atoms with E-state index in [2.05, 4.69) is 4.74 Å². The third-order valence-electron chi connectivity index (χ3n) is 1.78. The molecule has 2 N–H and O–H groups in total. The van der Waals surface area contributed by atoms with Crippen molar-refractivity contribution in [3.63, 3.8) is 0 Å². The lowest BCUT2D eigenvalue weighted by Gasteiger charge is -2.03. The molecule has 1 rings (SSSR count). The Hall–Kier alpha value is -1.84. The molecule has 0 aliphatic rings. The summed E-state index contributed by atoms with van der Waals surface area (Å²) in [5.41, 5.74) is 5.73. The summed E-state index contributed by atoms with van der Waals surface area (Å²) in [6.45, 7) is 1.72. The van der Waals surface area contributed by atoms with Gasteiger partial charge in [-0.25, -0.2) is 4.79 Å². The van der Waals surface area contributed by atoms with Gasteiger partial charge in [-0.15, -0.1) is 0 Å². The van der Waals surface area contributed by atoms with E-state index in [1.165, 1.54) is 0 Å². The summed E-state index contributed by atoms with van der Waals surface area (Å²) in [5.74, 6) is -2.08. The number of nitrogens with two attached hydrogens (primary N) is 1. The van der Waals surface area contributed by atoms with E-state index in [0.717, 1.165) is 0 Å². The van der Waals surface area contributed by atoms with Gasteiger partial charge in [0.2, 0.25) is 5.83 Å². The Kier molecular flexibility index (Phi) is 3.85. The first kappa shape index (κ1) is 11.2. The molecular formula is C11H12FNO2. The topological polar surface area (TPSA) is 52.3 Å². The average molecular weight is 209 g/mol. The highest BCUT2D eigenvalue weighted by Gasteiger charge is 2.15. The summed E-state index contributed by atoms with van der Waals surface area (Å²) >= 11 is 0. The number of halogens is 1. The molecule has 80 valence electrons. The fourth-order valence-corrected chi connectivity index (χ4v) is 1.05. The lowest BCUT2D eigenvalue weighted by Crippen LogP contribution is -2.10. The van der Waals surface area contributed by atoms with Crippen LogP contribution in [0.2, 0.25) is 0 Å². The highest BCUT2D eigenvalue weighted by Crippen LogP contribution is 2.15. The van der Waals surface area contributed by atoms with Crippen molar-refractivity contribution in [3.05, 3.63) is 41.7 Å². The van der Waals surface area contributed by atoms with Crippen LogP contribution in [-0.2, 0) is 9.53 Å². The molecule has 0 aromatic heterocycles. The average Bonchev–Trinajstić information content (AvgIpc) is 2.28. The van der Waals surface area contributed by atoms with Gasteiger partial charge in [0.1, 0.15) is 0 Å². The van der Waals surface area contributed by atoms with Crippen molar-refractivity contribution in [2.75, 3.05) is 6.61 Å². The lowest BCUT2D eigenvalue weighted by atomic mass is 10.1. The maximum Gasteiger partial charge on any atom is 0.369 e. The molecule has 0 unspecified atom stereocenters. The van der Waals surface area contributed by atoms with Gasteiger partial charge >= 0.3 is 5.97 Å². The predicted molar refractivity (Wildman–Crippen MR) is 55.3 cm³/mol. The SMILES string of the molecule is CCOC(=O)C(F)=C(N)c1ccccc1. The first-order valence-corrected chi connectivity index (χ1v) is 4.54. The van der Waals surface area contributed by atoms with Crippen molar-refractivity contribution in [1.82, 2.24) is 0 Å². The molecule has 1 aromatic rings. The fraction of sp³-hybridized carbons (Fsp3) is 0.182. The smallest absolute Gasteiger partial charge is 0.369 e. The van der Waals surface area contributed by atoms with Crippen molar-refractivity contribution in [2.45, 2.75) is 6.92 Å². The van der Waals surface area contributed by atoms with E-state index in [4.69, 9.17) is 5.73 Å². The number of rotatable bonds is 3. The Bertz CT molecular complexity index is 373. The molecule has 0 radical (unpaired) electrons. The monoisotopic (exact) mass is 209 g/mol. The van der Waals surface area contributed by atoms with Gasteiger partial charge in [0.05, 0.1) is 12.3 Å². The minimum absolute atomic E-state index is 0.119. The van der Waals surface area contributed by atoms with E-state index in [9.17, 15) is 9.18 Å². The first-order valence-electron chi connectivity index (χ1n) is 4.54. The lowest BCUT2D eigenvalue weighted by molar-refractivity contribution is -0.140. The van der Waals surface area contributed by atoms with Gasteiger partial charge < -0.3 is 10.5 Å². The van der Waals surface area contributed by atoms with Crippen molar-refractivity contribution < 1.29 is 13.9 Å². The van der Waals surface area contributed by atoms with Gasteiger partial charge in [-0.3, -0.25) is 0 Å². The molecule has 0 saturated heterocycles. The third kappa shape index (κ3) is 2.80. The summed E-state index contributed by atoms with van der Waals surface area (Å²) in [6.07, 6.45) is 0. The number of esters is 1. The molecular weight excluding hydrogens is 197 g/mol. The van der Waals surface area contributed by atoms with Gasteiger partial charge in [-0.1, -0.05) is 30.3 Å². The molecule has 1 aromatic carbocycles. The zero-order valence-corrected chi connectivity index (χ0v) is 8.37. The van der Waals surface area contributed by atoms with E-state index in [0.29, 0.717) is 5.56 Å². The molecule has 0 bridgehead atoms. The van der Waals surface area contributed by atoms with Crippen LogP contribution in [0.1, 0.15) is 12.5 Å². The molecule has 15 heavy (non-hydrogen) atoms. The minimum atomic E-state index is -1.05. The Morgan fingerprint density at radius 3 is 2.53 bits per heavy atom. The zero-order chi connectivity index (χ0) is 11.3. The first-order chi connectivity index (χ1) is 7.16.